The van der Waals surface area contributed by atoms with Crippen LogP contribution in [-0.4, -0.2) is 10.9 Å². The van der Waals surface area contributed by atoms with E-state index in [1.54, 1.807) is 0 Å². The summed E-state index contributed by atoms with van der Waals surface area (Å²) in [4.78, 5) is 14.3. The van der Waals surface area contributed by atoms with Crippen LogP contribution >= 0.6 is 15.9 Å². The molecule has 1 N–H and O–H groups in total. The maximum atomic E-state index is 12.5. The molecule has 0 radical (unpaired) electrons. The molecule has 1 heterocycles. The summed E-state index contributed by atoms with van der Waals surface area (Å²) in [6.45, 7) is 2.56. The Morgan fingerprint density at radius 2 is 2.06 bits per heavy atom. The van der Waals surface area contributed by atoms with Crippen molar-refractivity contribution in [3.05, 3.63) is 21.8 Å². The highest BCUT2D eigenvalue weighted by Crippen LogP contribution is 2.37. The van der Waals surface area contributed by atoms with Gasteiger partial charge in [0, 0.05) is 6.92 Å². The van der Waals surface area contributed by atoms with Crippen molar-refractivity contribution < 1.29 is 18.0 Å². The maximum Gasteiger partial charge on any atom is 0.419 e. The van der Waals surface area contributed by atoms with Gasteiger partial charge in [-0.25, -0.2) is 4.98 Å². The minimum Gasteiger partial charge on any atom is -0.311 e. The summed E-state index contributed by atoms with van der Waals surface area (Å²) in [5.41, 5.74) is -0.834. The Kier molecular flexibility index (Phi) is 3.57. The highest BCUT2D eigenvalue weighted by molar-refractivity contribution is 9.10. The molecule has 16 heavy (non-hydrogen) atoms. The zero-order chi connectivity index (χ0) is 12.5. The van der Waals surface area contributed by atoms with Crippen LogP contribution in [-0.2, 0) is 11.0 Å². The van der Waals surface area contributed by atoms with Crippen LogP contribution in [0.15, 0.2) is 10.7 Å². The van der Waals surface area contributed by atoms with Gasteiger partial charge in [-0.05, 0) is 34.5 Å². The molecule has 0 unspecified atom stereocenters. The predicted octanol–water partition coefficient (Wildman–Crippen LogP) is 3.13. The summed E-state index contributed by atoms with van der Waals surface area (Å²) < 4.78 is 37.3. The van der Waals surface area contributed by atoms with Gasteiger partial charge < -0.3 is 5.32 Å². The average molecular weight is 297 g/mol. The molecule has 88 valence electrons. The molecule has 0 spiro atoms. The van der Waals surface area contributed by atoms with E-state index in [2.05, 4.69) is 26.2 Å². The van der Waals surface area contributed by atoms with E-state index >= 15 is 0 Å². The SMILES string of the molecule is CC(=O)Nc1cc(C)c(C(F)(F)F)c(Br)n1. The zero-order valence-corrected chi connectivity index (χ0v) is 10.0. The summed E-state index contributed by atoms with van der Waals surface area (Å²) >= 11 is 2.74. The van der Waals surface area contributed by atoms with Crippen LogP contribution in [0.4, 0.5) is 19.0 Å². The third kappa shape index (κ3) is 2.94. The van der Waals surface area contributed by atoms with Crippen LogP contribution in [0.1, 0.15) is 18.1 Å². The van der Waals surface area contributed by atoms with Gasteiger partial charge in [0.05, 0.1) is 5.56 Å². The largest absolute Gasteiger partial charge is 0.419 e. The van der Waals surface area contributed by atoms with Crippen LogP contribution in [0.5, 0.6) is 0 Å². The molecule has 1 aromatic heterocycles. The molecule has 7 heteroatoms. The fourth-order valence-electron chi connectivity index (χ4n) is 1.22. The Labute approximate surface area is 98.2 Å². The van der Waals surface area contributed by atoms with E-state index in [1.165, 1.54) is 19.9 Å². The number of hydrogen-bond donors (Lipinski definition) is 1. The monoisotopic (exact) mass is 296 g/mol. The Bertz CT molecular complexity index is 408. The zero-order valence-electron chi connectivity index (χ0n) is 8.44. The van der Waals surface area contributed by atoms with Crippen molar-refractivity contribution in [2.45, 2.75) is 20.0 Å². The van der Waals surface area contributed by atoms with E-state index in [0.717, 1.165) is 0 Å². The predicted molar refractivity (Wildman–Crippen MR) is 56.0 cm³/mol. The summed E-state index contributed by atoms with van der Waals surface area (Å²) in [7, 11) is 0. The molecule has 0 aromatic carbocycles. The number of hydrogen-bond acceptors (Lipinski definition) is 2. The second kappa shape index (κ2) is 4.40. The topological polar surface area (TPSA) is 42.0 Å². The number of alkyl halides is 3. The Morgan fingerprint density at radius 1 is 1.50 bits per heavy atom. The lowest BCUT2D eigenvalue weighted by Crippen LogP contribution is -2.13. The van der Waals surface area contributed by atoms with E-state index in [1.807, 2.05) is 0 Å². The maximum absolute atomic E-state index is 12.5. The van der Waals surface area contributed by atoms with E-state index in [9.17, 15) is 18.0 Å². The van der Waals surface area contributed by atoms with Gasteiger partial charge in [0.25, 0.3) is 0 Å². The van der Waals surface area contributed by atoms with Gasteiger partial charge in [-0.2, -0.15) is 13.2 Å². The van der Waals surface area contributed by atoms with Gasteiger partial charge in [-0.1, -0.05) is 0 Å². The molecular weight excluding hydrogens is 289 g/mol. The summed E-state index contributed by atoms with van der Waals surface area (Å²) in [5.74, 6) is -0.302. The molecule has 1 rings (SSSR count). The normalized spacial score (nSPS) is 11.4. The Balaban J connectivity index is 3.23. The summed E-state index contributed by atoms with van der Waals surface area (Å²) in [5, 5.41) is 2.32. The molecule has 1 aromatic rings. The van der Waals surface area contributed by atoms with Gasteiger partial charge in [0.15, 0.2) is 0 Å². The lowest BCUT2D eigenvalue weighted by atomic mass is 10.1. The molecular formula is C9H8BrF3N2O. The Morgan fingerprint density at radius 3 is 2.44 bits per heavy atom. The van der Waals surface area contributed by atoms with Crippen molar-refractivity contribution >= 4 is 27.7 Å². The fraction of sp³-hybridized carbons (Fsp3) is 0.333. The van der Waals surface area contributed by atoms with Crippen molar-refractivity contribution in [2.75, 3.05) is 5.32 Å². The van der Waals surface area contributed by atoms with Gasteiger partial charge in [-0.3, -0.25) is 4.79 Å². The summed E-state index contributed by atoms with van der Waals surface area (Å²) in [6, 6.07) is 1.18. The van der Waals surface area contributed by atoms with Crippen molar-refractivity contribution in [1.82, 2.24) is 4.98 Å². The molecule has 0 saturated carbocycles. The molecule has 0 saturated heterocycles. The molecule has 0 fully saturated rings. The lowest BCUT2D eigenvalue weighted by Gasteiger charge is -2.13. The van der Waals surface area contributed by atoms with Crippen molar-refractivity contribution in [3.63, 3.8) is 0 Å². The third-order valence-electron chi connectivity index (χ3n) is 1.76. The fourth-order valence-corrected chi connectivity index (χ4v) is 1.95. The second-order valence-corrected chi connectivity index (χ2v) is 3.92. The van der Waals surface area contributed by atoms with E-state index in [4.69, 9.17) is 0 Å². The van der Waals surface area contributed by atoms with Crippen LogP contribution in [0.25, 0.3) is 0 Å². The van der Waals surface area contributed by atoms with Crippen molar-refractivity contribution in [1.29, 1.82) is 0 Å². The number of rotatable bonds is 1. The number of pyridine rings is 1. The minimum atomic E-state index is -4.47. The van der Waals surface area contributed by atoms with Gasteiger partial charge in [0.2, 0.25) is 5.91 Å². The first-order valence-electron chi connectivity index (χ1n) is 4.23. The molecule has 0 aliphatic rings. The van der Waals surface area contributed by atoms with Crippen LogP contribution in [0, 0.1) is 6.92 Å². The number of aryl methyl sites for hydroxylation is 1. The first-order valence-corrected chi connectivity index (χ1v) is 5.03. The molecule has 0 aliphatic heterocycles. The minimum absolute atomic E-state index is 0.00174. The second-order valence-electron chi connectivity index (χ2n) is 3.17. The van der Waals surface area contributed by atoms with Crippen LogP contribution in [0.3, 0.4) is 0 Å². The lowest BCUT2D eigenvalue weighted by molar-refractivity contribution is -0.138. The number of anilines is 1. The highest BCUT2D eigenvalue weighted by atomic mass is 79.9. The first-order chi connectivity index (χ1) is 7.21. The van der Waals surface area contributed by atoms with Crippen LogP contribution in [0.2, 0.25) is 0 Å². The van der Waals surface area contributed by atoms with Gasteiger partial charge in [-0.15, -0.1) is 0 Å². The van der Waals surface area contributed by atoms with Gasteiger partial charge in [0.1, 0.15) is 10.4 Å². The van der Waals surface area contributed by atoms with Crippen LogP contribution < -0.4 is 5.32 Å². The van der Waals surface area contributed by atoms with Gasteiger partial charge >= 0.3 is 6.18 Å². The number of amides is 1. The van der Waals surface area contributed by atoms with Crippen molar-refractivity contribution in [3.8, 4) is 0 Å². The number of nitrogens with zero attached hydrogens (tertiary/aromatic N) is 1. The van der Waals surface area contributed by atoms with E-state index < -0.39 is 17.6 Å². The molecule has 0 bridgehead atoms. The molecule has 3 nitrogen and oxygen atoms in total. The van der Waals surface area contributed by atoms with E-state index in [0.29, 0.717) is 0 Å². The van der Waals surface area contributed by atoms with Crippen molar-refractivity contribution in [2.24, 2.45) is 0 Å². The Hall–Kier alpha value is -1.11. The first kappa shape index (κ1) is 13.0. The summed E-state index contributed by atoms with van der Waals surface area (Å²) in [6.07, 6.45) is -4.47. The number of carbonyl (C=O) groups excluding carboxylic acids is 1. The average Bonchev–Trinajstić information content (AvgIpc) is 1.96. The number of carbonyl (C=O) groups is 1. The highest BCUT2D eigenvalue weighted by Gasteiger charge is 2.35. The molecule has 0 aliphatic carbocycles. The standard InChI is InChI=1S/C9H8BrF3N2O/c1-4-3-6(14-5(2)16)15-8(10)7(4)9(11,12)13/h3H,1-2H3,(H,14,15,16). The third-order valence-corrected chi connectivity index (χ3v) is 2.33. The smallest absolute Gasteiger partial charge is 0.311 e. The molecule has 0 atom stereocenters. The number of halogens is 4. The molecule has 1 amide bonds. The van der Waals surface area contributed by atoms with E-state index in [-0.39, 0.29) is 16.0 Å². The number of nitrogens with one attached hydrogen (secondary N) is 1. The number of aromatic nitrogens is 1. The quantitative estimate of drug-likeness (QED) is 0.809.